The molecule has 0 saturated heterocycles. The molecular weight excluding hydrogens is 459 g/mol. The lowest BCUT2D eigenvalue weighted by Gasteiger charge is -2.08. The fraction of sp³-hybridized carbons (Fsp3) is 0.273. The number of hydrogen-bond acceptors (Lipinski definition) is 6. The first-order chi connectivity index (χ1) is 15.3. The molecule has 0 fully saturated rings. The molecule has 2 rings (SSSR count). The van der Waals surface area contributed by atoms with Crippen molar-refractivity contribution in [2.75, 3.05) is 26.3 Å². The third kappa shape index (κ3) is 10.3. The van der Waals surface area contributed by atoms with Gasteiger partial charge in [0.15, 0.2) is 18.2 Å². The molecule has 0 aliphatic rings. The standard InChI is InChI=1S/C22H22Cl2N2O6/c23-15-1-6-19(7-2-15)31-13-18(28)12-25-21(29)10-5-17(27)11-26-22(30)14-32-20-8-3-16(24)4-9-20/h1-4,6-9H,5,10-14H2,(H,25,29)(H,26,30). The number of nitrogens with one attached hydrogen (secondary N) is 2. The van der Waals surface area contributed by atoms with Gasteiger partial charge in [0.2, 0.25) is 5.91 Å². The smallest absolute Gasteiger partial charge is 0.258 e. The second-order valence-corrected chi connectivity index (χ2v) is 7.49. The summed E-state index contributed by atoms with van der Waals surface area (Å²) in [5, 5.41) is 5.96. The molecule has 0 bridgehead atoms. The van der Waals surface area contributed by atoms with Crippen molar-refractivity contribution in [2.24, 2.45) is 0 Å². The number of hydrogen-bond donors (Lipinski definition) is 2. The van der Waals surface area contributed by atoms with Crippen LogP contribution in [0.3, 0.4) is 0 Å². The van der Waals surface area contributed by atoms with Gasteiger partial charge in [0.25, 0.3) is 5.91 Å². The summed E-state index contributed by atoms with van der Waals surface area (Å²) in [5.41, 5.74) is 0. The Kier molecular flexibility index (Phi) is 10.5. The Morgan fingerprint density at radius 2 is 1.09 bits per heavy atom. The molecule has 0 atom stereocenters. The molecule has 2 aromatic carbocycles. The predicted molar refractivity (Wildman–Crippen MR) is 119 cm³/mol. The van der Waals surface area contributed by atoms with E-state index in [4.69, 9.17) is 32.7 Å². The summed E-state index contributed by atoms with van der Waals surface area (Å²) in [7, 11) is 0. The fourth-order valence-corrected chi connectivity index (χ4v) is 2.55. The molecule has 0 aromatic heterocycles. The first kappa shape index (κ1) is 25.2. The Morgan fingerprint density at radius 3 is 1.66 bits per heavy atom. The van der Waals surface area contributed by atoms with E-state index < -0.39 is 11.8 Å². The van der Waals surface area contributed by atoms with E-state index in [2.05, 4.69) is 10.6 Å². The van der Waals surface area contributed by atoms with Crippen LogP contribution in [0, 0.1) is 0 Å². The van der Waals surface area contributed by atoms with Crippen LogP contribution in [0.5, 0.6) is 11.5 Å². The van der Waals surface area contributed by atoms with Gasteiger partial charge in [-0.1, -0.05) is 23.2 Å². The van der Waals surface area contributed by atoms with Gasteiger partial charge in [-0.15, -0.1) is 0 Å². The number of amides is 2. The summed E-state index contributed by atoms with van der Waals surface area (Å²) >= 11 is 11.5. The van der Waals surface area contributed by atoms with Crippen molar-refractivity contribution in [3.05, 3.63) is 58.6 Å². The van der Waals surface area contributed by atoms with Crippen molar-refractivity contribution in [2.45, 2.75) is 12.8 Å². The highest BCUT2D eigenvalue weighted by atomic mass is 35.5. The second kappa shape index (κ2) is 13.3. The predicted octanol–water partition coefficient (Wildman–Crippen LogP) is 2.60. The van der Waals surface area contributed by atoms with E-state index in [1.807, 2.05) is 0 Å². The minimum atomic E-state index is -0.468. The van der Waals surface area contributed by atoms with E-state index in [1.54, 1.807) is 48.5 Å². The Morgan fingerprint density at radius 1 is 0.625 bits per heavy atom. The summed E-state index contributed by atoms with van der Waals surface area (Å²) in [6, 6.07) is 13.0. The van der Waals surface area contributed by atoms with E-state index in [0.717, 1.165) is 0 Å². The highest BCUT2D eigenvalue weighted by Crippen LogP contribution is 2.16. The van der Waals surface area contributed by atoms with Crippen molar-refractivity contribution >= 4 is 46.6 Å². The normalized spacial score (nSPS) is 10.2. The van der Waals surface area contributed by atoms with E-state index >= 15 is 0 Å². The number of ketones is 2. The molecule has 170 valence electrons. The number of carbonyl (C=O) groups is 4. The summed E-state index contributed by atoms with van der Waals surface area (Å²) < 4.78 is 10.6. The lowest BCUT2D eigenvalue weighted by atomic mass is 10.2. The molecule has 2 amide bonds. The zero-order valence-corrected chi connectivity index (χ0v) is 18.6. The molecule has 0 spiro atoms. The largest absolute Gasteiger partial charge is 0.486 e. The zero-order valence-electron chi connectivity index (χ0n) is 17.1. The maximum atomic E-state index is 11.8. The van der Waals surface area contributed by atoms with Crippen LogP contribution in [0.25, 0.3) is 0 Å². The molecule has 2 N–H and O–H groups in total. The van der Waals surface area contributed by atoms with Crippen molar-refractivity contribution in [1.82, 2.24) is 10.6 Å². The second-order valence-electron chi connectivity index (χ2n) is 6.62. The average Bonchev–Trinajstić information content (AvgIpc) is 2.79. The van der Waals surface area contributed by atoms with E-state index in [0.29, 0.717) is 21.5 Å². The van der Waals surface area contributed by atoms with Crippen LogP contribution in [0.4, 0.5) is 0 Å². The van der Waals surface area contributed by atoms with Crippen LogP contribution in [0.1, 0.15) is 12.8 Å². The Hall–Kier alpha value is -3.10. The third-order valence-electron chi connectivity index (χ3n) is 3.99. The Balaban J connectivity index is 1.54. The molecule has 8 nitrogen and oxygen atoms in total. The number of carbonyl (C=O) groups excluding carboxylic acids is 4. The molecule has 0 heterocycles. The van der Waals surface area contributed by atoms with E-state index in [1.165, 1.54) is 0 Å². The minimum Gasteiger partial charge on any atom is -0.486 e. The highest BCUT2D eigenvalue weighted by molar-refractivity contribution is 6.30. The number of halogens is 2. The monoisotopic (exact) mass is 480 g/mol. The number of benzene rings is 2. The van der Waals surface area contributed by atoms with Crippen LogP contribution < -0.4 is 20.1 Å². The Bertz CT molecular complexity index is 855. The third-order valence-corrected chi connectivity index (χ3v) is 4.50. The number of rotatable bonds is 13. The van der Waals surface area contributed by atoms with Gasteiger partial charge in [-0.2, -0.15) is 0 Å². The van der Waals surface area contributed by atoms with E-state index in [9.17, 15) is 19.2 Å². The van der Waals surface area contributed by atoms with Gasteiger partial charge in [-0.25, -0.2) is 0 Å². The van der Waals surface area contributed by atoms with E-state index in [-0.39, 0.29) is 50.7 Å². The highest BCUT2D eigenvalue weighted by Gasteiger charge is 2.11. The van der Waals surface area contributed by atoms with Gasteiger partial charge in [0.1, 0.15) is 18.1 Å². The van der Waals surface area contributed by atoms with Crippen LogP contribution >= 0.6 is 23.2 Å². The molecule has 0 unspecified atom stereocenters. The zero-order chi connectivity index (χ0) is 23.3. The van der Waals surface area contributed by atoms with Crippen LogP contribution in [0.2, 0.25) is 10.0 Å². The summed E-state index contributed by atoms with van der Waals surface area (Å²) in [4.78, 5) is 47.2. The molecule has 0 saturated carbocycles. The summed E-state index contributed by atoms with van der Waals surface area (Å²) in [6.45, 7) is -0.885. The maximum Gasteiger partial charge on any atom is 0.258 e. The van der Waals surface area contributed by atoms with Gasteiger partial charge in [-0.3, -0.25) is 19.2 Å². The SMILES string of the molecule is O=C(CCC(=O)NCC(=O)COc1ccc(Cl)cc1)CNC(=O)COc1ccc(Cl)cc1. The molecule has 0 aliphatic heterocycles. The van der Waals surface area contributed by atoms with Gasteiger partial charge in [-0.05, 0) is 48.5 Å². The maximum absolute atomic E-state index is 11.8. The van der Waals surface area contributed by atoms with Crippen molar-refractivity contribution < 1.29 is 28.7 Å². The molecule has 0 aliphatic carbocycles. The van der Waals surface area contributed by atoms with Crippen molar-refractivity contribution in [3.8, 4) is 11.5 Å². The lowest BCUT2D eigenvalue weighted by molar-refractivity contribution is -0.128. The van der Waals surface area contributed by atoms with Gasteiger partial charge < -0.3 is 20.1 Å². The summed E-state index contributed by atoms with van der Waals surface area (Å²) in [6.07, 6.45) is -0.166. The molecular formula is C22H22Cl2N2O6. The first-order valence-corrected chi connectivity index (χ1v) is 10.4. The summed E-state index contributed by atoms with van der Waals surface area (Å²) in [5.74, 6) is -0.606. The van der Waals surface area contributed by atoms with Gasteiger partial charge in [0, 0.05) is 22.9 Å². The quantitative estimate of drug-likeness (QED) is 0.455. The molecule has 32 heavy (non-hydrogen) atoms. The minimum absolute atomic E-state index is 0.0698. The average molecular weight is 481 g/mol. The van der Waals surface area contributed by atoms with Gasteiger partial charge in [0.05, 0.1) is 13.1 Å². The van der Waals surface area contributed by atoms with Gasteiger partial charge >= 0.3 is 0 Å². The number of Topliss-reactive ketones (excluding diaryl/α,β-unsaturated/α-hetero) is 2. The lowest BCUT2D eigenvalue weighted by Crippen LogP contribution is -2.35. The van der Waals surface area contributed by atoms with Crippen LogP contribution in [0.15, 0.2) is 48.5 Å². The number of ether oxygens (including phenoxy) is 2. The Labute approximate surface area is 195 Å². The van der Waals surface area contributed by atoms with Crippen LogP contribution in [-0.4, -0.2) is 49.7 Å². The first-order valence-electron chi connectivity index (χ1n) is 9.65. The molecule has 2 aromatic rings. The molecule has 10 heteroatoms. The van der Waals surface area contributed by atoms with Crippen LogP contribution in [-0.2, 0) is 19.2 Å². The fourth-order valence-electron chi connectivity index (χ4n) is 2.30. The van der Waals surface area contributed by atoms with Crippen molar-refractivity contribution in [3.63, 3.8) is 0 Å². The molecule has 0 radical (unpaired) electrons. The topological polar surface area (TPSA) is 111 Å². The van der Waals surface area contributed by atoms with Crippen molar-refractivity contribution in [1.29, 1.82) is 0 Å².